The molecule has 21 heavy (non-hydrogen) atoms. The number of anilines is 1. The quantitative estimate of drug-likeness (QED) is 0.675. The van der Waals surface area contributed by atoms with E-state index in [9.17, 15) is 9.59 Å². The van der Waals surface area contributed by atoms with Crippen molar-refractivity contribution in [2.24, 2.45) is 0 Å². The maximum absolute atomic E-state index is 12.3. The SMILES string of the molecule is COc1ccc2[nH]cc(NC(=O)NCC(C)O)c(=O)c2c1. The van der Waals surface area contributed by atoms with E-state index in [0.717, 1.165) is 0 Å². The van der Waals surface area contributed by atoms with Gasteiger partial charge >= 0.3 is 6.03 Å². The van der Waals surface area contributed by atoms with Crippen molar-refractivity contribution >= 4 is 22.6 Å². The lowest BCUT2D eigenvalue weighted by molar-refractivity contribution is 0.190. The summed E-state index contributed by atoms with van der Waals surface area (Å²) in [6, 6.07) is 4.52. The highest BCUT2D eigenvalue weighted by Gasteiger charge is 2.09. The Hall–Kier alpha value is -2.54. The van der Waals surface area contributed by atoms with Crippen LogP contribution in [-0.2, 0) is 0 Å². The van der Waals surface area contributed by atoms with Crippen LogP contribution in [0.3, 0.4) is 0 Å². The minimum absolute atomic E-state index is 0.102. The summed E-state index contributed by atoms with van der Waals surface area (Å²) in [6.45, 7) is 1.65. The van der Waals surface area contributed by atoms with Crippen LogP contribution in [0, 0.1) is 0 Å². The van der Waals surface area contributed by atoms with Crippen LogP contribution in [0.2, 0.25) is 0 Å². The molecule has 0 fully saturated rings. The second-order valence-electron chi connectivity index (χ2n) is 4.63. The molecule has 4 N–H and O–H groups in total. The van der Waals surface area contributed by atoms with E-state index in [-0.39, 0.29) is 17.7 Å². The fraction of sp³-hybridized carbons (Fsp3) is 0.286. The first-order valence-corrected chi connectivity index (χ1v) is 6.43. The number of ether oxygens (including phenoxy) is 1. The van der Waals surface area contributed by atoms with Gasteiger partial charge in [-0.1, -0.05) is 0 Å². The van der Waals surface area contributed by atoms with Gasteiger partial charge in [0.2, 0.25) is 5.43 Å². The molecule has 0 bridgehead atoms. The molecular formula is C14H17N3O4. The number of hydrogen-bond acceptors (Lipinski definition) is 4. The normalized spacial score (nSPS) is 12.0. The Morgan fingerprint density at radius 1 is 1.48 bits per heavy atom. The van der Waals surface area contributed by atoms with E-state index >= 15 is 0 Å². The highest BCUT2D eigenvalue weighted by molar-refractivity contribution is 5.92. The number of nitrogens with one attached hydrogen (secondary N) is 3. The number of urea groups is 1. The molecule has 1 atom stereocenters. The van der Waals surface area contributed by atoms with Crippen molar-refractivity contribution in [1.82, 2.24) is 10.3 Å². The summed E-state index contributed by atoms with van der Waals surface area (Å²) in [6.07, 6.45) is 0.772. The first-order chi connectivity index (χ1) is 10.0. The number of methoxy groups -OCH3 is 1. The summed E-state index contributed by atoms with van der Waals surface area (Å²) in [4.78, 5) is 26.9. The minimum Gasteiger partial charge on any atom is -0.497 e. The van der Waals surface area contributed by atoms with E-state index in [2.05, 4.69) is 15.6 Å². The molecule has 1 unspecified atom stereocenters. The number of rotatable bonds is 4. The maximum atomic E-state index is 12.3. The van der Waals surface area contributed by atoms with E-state index in [1.165, 1.54) is 13.3 Å². The molecule has 0 saturated carbocycles. The fourth-order valence-electron chi connectivity index (χ4n) is 1.82. The molecule has 0 spiro atoms. The Balaban J connectivity index is 2.26. The van der Waals surface area contributed by atoms with Gasteiger partial charge in [0.1, 0.15) is 11.4 Å². The molecule has 1 heterocycles. The molecule has 0 aliphatic heterocycles. The molecule has 112 valence electrons. The van der Waals surface area contributed by atoms with Gasteiger partial charge in [-0.3, -0.25) is 4.79 Å². The summed E-state index contributed by atoms with van der Waals surface area (Å²) < 4.78 is 5.08. The number of fused-ring (bicyclic) bond motifs is 1. The number of hydrogen-bond donors (Lipinski definition) is 4. The van der Waals surface area contributed by atoms with Crippen LogP contribution in [0.5, 0.6) is 5.75 Å². The molecule has 0 aliphatic rings. The van der Waals surface area contributed by atoms with Crippen LogP contribution in [0.4, 0.5) is 10.5 Å². The standard InChI is InChI=1S/C14H17N3O4/c1-8(18)6-16-14(20)17-12-7-15-11-4-3-9(21-2)5-10(11)13(12)19/h3-5,7-8,18H,6H2,1-2H3,(H,15,19)(H2,16,17,20). The number of benzene rings is 1. The number of aliphatic hydroxyl groups excluding tert-OH is 1. The summed E-state index contributed by atoms with van der Waals surface area (Å²) in [7, 11) is 1.51. The Kier molecular flexibility index (Phi) is 4.44. The van der Waals surface area contributed by atoms with Crippen molar-refractivity contribution in [3.05, 3.63) is 34.6 Å². The van der Waals surface area contributed by atoms with Crippen molar-refractivity contribution in [3.8, 4) is 5.75 Å². The van der Waals surface area contributed by atoms with Gasteiger partial charge in [-0.2, -0.15) is 0 Å². The number of aliphatic hydroxyl groups is 1. The van der Waals surface area contributed by atoms with Crippen LogP contribution >= 0.6 is 0 Å². The summed E-state index contributed by atoms with van der Waals surface area (Å²) in [5.41, 5.74) is 0.462. The lowest BCUT2D eigenvalue weighted by atomic mass is 10.2. The van der Waals surface area contributed by atoms with Gasteiger partial charge < -0.3 is 25.5 Å². The first kappa shape index (κ1) is 14.9. The second-order valence-corrected chi connectivity index (χ2v) is 4.63. The highest BCUT2D eigenvalue weighted by atomic mass is 16.5. The number of H-pyrrole nitrogens is 1. The lowest BCUT2D eigenvalue weighted by Crippen LogP contribution is -2.35. The largest absolute Gasteiger partial charge is 0.497 e. The molecule has 0 saturated heterocycles. The molecule has 7 heteroatoms. The van der Waals surface area contributed by atoms with Crippen LogP contribution < -0.4 is 20.8 Å². The zero-order valence-electron chi connectivity index (χ0n) is 11.8. The number of carbonyl (C=O) groups excluding carboxylic acids is 1. The number of aromatic nitrogens is 1. The number of aromatic amines is 1. The zero-order valence-corrected chi connectivity index (χ0v) is 11.8. The molecule has 2 amide bonds. The average Bonchev–Trinajstić information content (AvgIpc) is 2.48. The fourth-order valence-corrected chi connectivity index (χ4v) is 1.82. The van der Waals surface area contributed by atoms with Gasteiger partial charge in [0, 0.05) is 18.3 Å². The third-order valence-electron chi connectivity index (χ3n) is 2.89. The van der Waals surface area contributed by atoms with E-state index in [4.69, 9.17) is 9.84 Å². The topological polar surface area (TPSA) is 103 Å². The molecule has 7 nitrogen and oxygen atoms in total. The third-order valence-corrected chi connectivity index (χ3v) is 2.89. The summed E-state index contributed by atoms with van der Waals surface area (Å²) in [5, 5.41) is 14.4. The Labute approximate surface area is 120 Å². The van der Waals surface area contributed by atoms with Gasteiger partial charge in [0.05, 0.1) is 18.6 Å². The van der Waals surface area contributed by atoms with E-state index in [1.54, 1.807) is 25.1 Å². The molecule has 0 aliphatic carbocycles. The van der Waals surface area contributed by atoms with Crippen molar-refractivity contribution in [2.75, 3.05) is 19.0 Å². The number of carbonyl (C=O) groups is 1. The average molecular weight is 291 g/mol. The number of pyridine rings is 1. The van der Waals surface area contributed by atoms with E-state index in [1.807, 2.05) is 0 Å². The number of amides is 2. The van der Waals surface area contributed by atoms with E-state index in [0.29, 0.717) is 16.7 Å². The van der Waals surface area contributed by atoms with Crippen molar-refractivity contribution in [1.29, 1.82) is 0 Å². The van der Waals surface area contributed by atoms with Crippen molar-refractivity contribution in [2.45, 2.75) is 13.0 Å². The first-order valence-electron chi connectivity index (χ1n) is 6.43. The van der Waals surface area contributed by atoms with Crippen LogP contribution in [-0.4, -0.2) is 35.9 Å². The highest BCUT2D eigenvalue weighted by Crippen LogP contribution is 2.17. The van der Waals surface area contributed by atoms with Crippen LogP contribution in [0.25, 0.3) is 10.9 Å². The Morgan fingerprint density at radius 2 is 2.24 bits per heavy atom. The second kappa shape index (κ2) is 6.27. The molecular weight excluding hydrogens is 274 g/mol. The minimum atomic E-state index is -0.658. The summed E-state index contributed by atoms with van der Waals surface area (Å²) in [5.74, 6) is 0.559. The third kappa shape index (κ3) is 3.51. The predicted octanol–water partition coefficient (Wildman–Crippen LogP) is 1.04. The van der Waals surface area contributed by atoms with Gasteiger partial charge in [-0.15, -0.1) is 0 Å². The van der Waals surface area contributed by atoms with E-state index < -0.39 is 12.1 Å². The zero-order chi connectivity index (χ0) is 15.4. The Morgan fingerprint density at radius 3 is 2.90 bits per heavy atom. The van der Waals surface area contributed by atoms with Crippen LogP contribution in [0.1, 0.15) is 6.92 Å². The van der Waals surface area contributed by atoms with Gasteiger partial charge in [0.25, 0.3) is 0 Å². The molecule has 2 aromatic rings. The van der Waals surface area contributed by atoms with Crippen LogP contribution in [0.15, 0.2) is 29.2 Å². The van der Waals surface area contributed by atoms with Gasteiger partial charge in [-0.05, 0) is 25.1 Å². The smallest absolute Gasteiger partial charge is 0.319 e. The van der Waals surface area contributed by atoms with Gasteiger partial charge in [0.15, 0.2) is 0 Å². The lowest BCUT2D eigenvalue weighted by Gasteiger charge is -2.09. The monoisotopic (exact) mass is 291 g/mol. The molecule has 0 radical (unpaired) electrons. The molecule has 1 aromatic heterocycles. The van der Waals surface area contributed by atoms with Crippen molar-refractivity contribution < 1.29 is 14.6 Å². The van der Waals surface area contributed by atoms with Crippen molar-refractivity contribution in [3.63, 3.8) is 0 Å². The maximum Gasteiger partial charge on any atom is 0.319 e. The molecule has 2 rings (SSSR count). The summed E-state index contributed by atoms with van der Waals surface area (Å²) >= 11 is 0. The molecule has 1 aromatic carbocycles. The predicted molar refractivity (Wildman–Crippen MR) is 79.8 cm³/mol. The Bertz CT molecular complexity index is 709. The van der Waals surface area contributed by atoms with Gasteiger partial charge in [-0.25, -0.2) is 4.79 Å².